The number of carbonyl (C=O) groups is 1. The number of rotatable bonds is 7. The molecule has 1 atom stereocenters. The third-order valence-corrected chi connectivity index (χ3v) is 4.81. The van der Waals surface area contributed by atoms with Gasteiger partial charge in [0, 0.05) is 25.2 Å². The van der Waals surface area contributed by atoms with Crippen LogP contribution in [-0.4, -0.2) is 17.0 Å². The van der Waals surface area contributed by atoms with Crippen molar-refractivity contribution in [3.63, 3.8) is 0 Å². The molecule has 1 aliphatic carbocycles. The molecule has 1 aliphatic rings. The Morgan fingerprint density at radius 2 is 2.00 bits per heavy atom. The second-order valence-corrected chi connectivity index (χ2v) is 6.96. The number of ether oxygens (including phenoxy) is 1. The zero-order chi connectivity index (χ0) is 18.4. The lowest BCUT2D eigenvalue weighted by Crippen LogP contribution is -2.24. The van der Waals surface area contributed by atoms with Gasteiger partial charge < -0.3 is 10.1 Å². The SMILES string of the molecule is CC(CC(=O)NCc1ccnc(OC2CCCC2)c1)c1ccc(F)cc1. The minimum absolute atomic E-state index is 0.0306. The molecule has 1 saturated carbocycles. The van der Waals surface area contributed by atoms with Crippen molar-refractivity contribution in [1.82, 2.24) is 10.3 Å². The van der Waals surface area contributed by atoms with Crippen molar-refractivity contribution >= 4 is 5.91 Å². The van der Waals surface area contributed by atoms with E-state index in [0.717, 1.165) is 24.0 Å². The quantitative estimate of drug-likeness (QED) is 0.802. The van der Waals surface area contributed by atoms with E-state index in [1.54, 1.807) is 18.3 Å². The second kappa shape index (κ2) is 8.79. The molecule has 138 valence electrons. The lowest BCUT2D eigenvalue weighted by Gasteiger charge is -2.14. The number of halogens is 1. The second-order valence-electron chi connectivity index (χ2n) is 6.96. The van der Waals surface area contributed by atoms with Crippen LogP contribution in [0.5, 0.6) is 5.88 Å². The van der Waals surface area contributed by atoms with Gasteiger partial charge in [0.1, 0.15) is 11.9 Å². The van der Waals surface area contributed by atoms with Crippen molar-refractivity contribution in [3.05, 3.63) is 59.5 Å². The molecule has 0 saturated heterocycles. The van der Waals surface area contributed by atoms with E-state index in [1.807, 2.05) is 19.1 Å². The van der Waals surface area contributed by atoms with Gasteiger partial charge in [-0.2, -0.15) is 0 Å². The Bertz CT molecular complexity index is 727. The third-order valence-electron chi connectivity index (χ3n) is 4.81. The zero-order valence-corrected chi connectivity index (χ0v) is 15.1. The number of nitrogens with one attached hydrogen (secondary N) is 1. The van der Waals surface area contributed by atoms with Gasteiger partial charge >= 0.3 is 0 Å². The van der Waals surface area contributed by atoms with Crippen LogP contribution in [-0.2, 0) is 11.3 Å². The predicted molar refractivity (Wildman–Crippen MR) is 98.4 cm³/mol. The van der Waals surface area contributed by atoms with Crippen LogP contribution in [0.3, 0.4) is 0 Å². The first kappa shape index (κ1) is 18.4. The van der Waals surface area contributed by atoms with E-state index in [4.69, 9.17) is 4.74 Å². The predicted octanol–water partition coefficient (Wildman–Crippen LogP) is 4.35. The summed E-state index contributed by atoms with van der Waals surface area (Å²) >= 11 is 0. The van der Waals surface area contributed by atoms with Crippen LogP contribution in [0.15, 0.2) is 42.6 Å². The summed E-state index contributed by atoms with van der Waals surface area (Å²) in [5, 5.41) is 2.94. The Morgan fingerprint density at radius 1 is 1.27 bits per heavy atom. The van der Waals surface area contributed by atoms with Crippen LogP contribution in [0.25, 0.3) is 0 Å². The summed E-state index contributed by atoms with van der Waals surface area (Å²) in [6.07, 6.45) is 6.95. The molecule has 2 aromatic rings. The number of nitrogens with zero attached hydrogens (tertiary/aromatic N) is 1. The minimum atomic E-state index is -0.265. The molecule has 0 aliphatic heterocycles. The normalized spacial score (nSPS) is 15.6. The highest BCUT2D eigenvalue weighted by molar-refractivity contribution is 5.76. The minimum Gasteiger partial charge on any atom is -0.474 e. The molecule has 0 radical (unpaired) electrons. The number of benzene rings is 1. The maximum atomic E-state index is 13.0. The largest absolute Gasteiger partial charge is 0.474 e. The molecule has 1 unspecified atom stereocenters. The summed E-state index contributed by atoms with van der Waals surface area (Å²) in [5.41, 5.74) is 1.92. The molecular formula is C21H25FN2O2. The van der Waals surface area contributed by atoms with Gasteiger partial charge in [0.05, 0.1) is 0 Å². The third kappa shape index (κ3) is 5.28. The van der Waals surface area contributed by atoms with Crippen molar-refractivity contribution in [1.29, 1.82) is 0 Å². The Balaban J connectivity index is 1.48. The highest BCUT2D eigenvalue weighted by Crippen LogP contribution is 2.23. The van der Waals surface area contributed by atoms with Gasteiger partial charge in [-0.3, -0.25) is 4.79 Å². The fraction of sp³-hybridized carbons (Fsp3) is 0.429. The molecular weight excluding hydrogens is 331 g/mol. The first-order chi connectivity index (χ1) is 12.6. The first-order valence-electron chi connectivity index (χ1n) is 9.24. The Kier molecular flexibility index (Phi) is 6.21. The molecule has 26 heavy (non-hydrogen) atoms. The monoisotopic (exact) mass is 356 g/mol. The van der Waals surface area contributed by atoms with E-state index in [-0.39, 0.29) is 23.7 Å². The molecule has 1 aromatic carbocycles. The fourth-order valence-corrected chi connectivity index (χ4v) is 3.26. The fourth-order valence-electron chi connectivity index (χ4n) is 3.26. The number of carbonyl (C=O) groups excluding carboxylic acids is 1. The van der Waals surface area contributed by atoms with Gasteiger partial charge in [0.2, 0.25) is 11.8 Å². The summed E-state index contributed by atoms with van der Waals surface area (Å²) in [7, 11) is 0. The smallest absolute Gasteiger partial charge is 0.220 e. The molecule has 0 spiro atoms. The van der Waals surface area contributed by atoms with Crippen molar-refractivity contribution in [2.24, 2.45) is 0 Å². The molecule has 1 heterocycles. The van der Waals surface area contributed by atoms with Gasteiger partial charge in [-0.05, 0) is 60.9 Å². The topological polar surface area (TPSA) is 51.2 Å². The summed E-state index contributed by atoms with van der Waals surface area (Å²) in [6.45, 7) is 2.41. The van der Waals surface area contributed by atoms with Crippen LogP contribution in [0.2, 0.25) is 0 Å². The number of hydrogen-bond acceptors (Lipinski definition) is 3. The summed E-state index contributed by atoms with van der Waals surface area (Å²) in [4.78, 5) is 16.5. The standard InChI is InChI=1S/C21H25FN2O2/c1-15(17-6-8-18(22)9-7-17)12-20(25)24-14-16-10-11-23-21(13-16)26-19-4-2-3-5-19/h6-11,13,15,19H,2-5,12,14H2,1H3,(H,24,25). The Labute approximate surface area is 153 Å². The molecule has 0 bridgehead atoms. The zero-order valence-electron chi connectivity index (χ0n) is 15.1. The maximum Gasteiger partial charge on any atom is 0.220 e. The first-order valence-corrected chi connectivity index (χ1v) is 9.24. The molecule has 1 N–H and O–H groups in total. The van der Waals surface area contributed by atoms with Crippen LogP contribution in [0, 0.1) is 5.82 Å². The number of amides is 1. The lowest BCUT2D eigenvalue weighted by atomic mass is 9.97. The Morgan fingerprint density at radius 3 is 2.73 bits per heavy atom. The van der Waals surface area contributed by atoms with Gasteiger partial charge in [-0.15, -0.1) is 0 Å². The van der Waals surface area contributed by atoms with Crippen molar-refractivity contribution in [2.75, 3.05) is 0 Å². The van der Waals surface area contributed by atoms with E-state index >= 15 is 0 Å². The number of hydrogen-bond donors (Lipinski definition) is 1. The highest BCUT2D eigenvalue weighted by atomic mass is 19.1. The molecule has 4 nitrogen and oxygen atoms in total. The van der Waals surface area contributed by atoms with Gasteiger partial charge in [0.25, 0.3) is 0 Å². The van der Waals surface area contributed by atoms with Crippen molar-refractivity contribution < 1.29 is 13.9 Å². The van der Waals surface area contributed by atoms with Crippen LogP contribution >= 0.6 is 0 Å². The maximum absolute atomic E-state index is 13.0. The average molecular weight is 356 g/mol. The molecule has 3 rings (SSSR count). The van der Waals surface area contributed by atoms with Crippen LogP contribution < -0.4 is 10.1 Å². The van der Waals surface area contributed by atoms with Gasteiger partial charge in [-0.25, -0.2) is 9.37 Å². The molecule has 5 heteroatoms. The molecule has 1 fully saturated rings. The van der Waals surface area contributed by atoms with E-state index in [1.165, 1.54) is 25.0 Å². The van der Waals surface area contributed by atoms with E-state index < -0.39 is 0 Å². The molecule has 1 amide bonds. The number of aromatic nitrogens is 1. The lowest BCUT2D eigenvalue weighted by molar-refractivity contribution is -0.121. The van der Waals surface area contributed by atoms with Gasteiger partial charge in [0.15, 0.2) is 0 Å². The van der Waals surface area contributed by atoms with Crippen molar-refractivity contribution in [3.8, 4) is 5.88 Å². The van der Waals surface area contributed by atoms with E-state index in [9.17, 15) is 9.18 Å². The number of pyridine rings is 1. The summed E-state index contributed by atoms with van der Waals surface area (Å²) < 4.78 is 18.9. The van der Waals surface area contributed by atoms with E-state index in [2.05, 4.69) is 10.3 Å². The molecule has 1 aromatic heterocycles. The average Bonchev–Trinajstić information content (AvgIpc) is 3.14. The van der Waals surface area contributed by atoms with Crippen molar-refractivity contribution in [2.45, 2.75) is 57.6 Å². The van der Waals surface area contributed by atoms with E-state index in [0.29, 0.717) is 18.8 Å². The van der Waals surface area contributed by atoms with Gasteiger partial charge in [-0.1, -0.05) is 19.1 Å². The highest BCUT2D eigenvalue weighted by Gasteiger charge is 2.17. The summed E-state index contributed by atoms with van der Waals surface area (Å²) in [5.74, 6) is 0.369. The summed E-state index contributed by atoms with van der Waals surface area (Å²) in [6, 6.07) is 10.1. The van der Waals surface area contributed by atoms with Crippen LogP contribution in [0.1, 0.15) is 56.1 Å². The Hall–Kier alpha value is -2.43. The van der Waals surface area contributed by atoms with Crippen LogP contribution in [0.4, 0.5) is 4.39 Å².